The van der Waals surface area contributed by atoms with E-state index in [1.165, 1.54) is 26.0 Å². The summed E-state index contributed by atoms with van der Waals surface area (Å²) in [5.41, 5.74) is -1.02. The van der Waals surface area contributed by atoms with E-state index in [4.69, 9.17) is 9.47 Å². The van der Waals surface area contributed by atoms with Crippen LogP contribution in [0.2, 0.25) is 0 Å². The van der Waals surface area contributed by atoms with E-state index in [-0.39, 0.29) is 30.8 Å². The minimum absolute atomic E-state index is 0.0167. The van der Waals surface area contributed by atoms with Crippen LogP contribution >= 0.6 is 0 Å². The number of benzene rings is 1. The van der Waals surface area contributed by atoms with E-state index in [2.05, 4.69) is 5.32 Å². The van der Waals surface area contributed by atoms with Gasteiger partial charge in [0, 0.05) is 30.8 Å². The number of anilines is 1. The summed E-state index contributed by atoms with van der Waals surface area (Å²) in [6, 6.07) is 4.99. The molecule has 1 N–H and O–H groups in total. The van der Waals surface area contributed by atoms with Crippen LogP contribution in [0.15, 0.2) is 18.2 Å². The third kappa shape index (κ3) is 4.85. The van der Waals surface area contributed by atoms with E-state index in [9.17, 15) is 18.0 Å². The maximum absolute atomic E-state index is 13.6. The third-order valence-corrected chi connectivity index (χ3v) is 8.10. The van der Waals surface area contributed by atoms with Gasteiger partial charge in [0.1, 0.15) is 17.0 Å². The van der Waals surface area contributed by atoms with E-state index in [1.54, 1.807) is 25.1 Å². The Morgan fingerprint density at radius 3 is 2.25 bits per heavy atom. The number of methoxy groups -OCH3 is 2. The van der Waals surface area contributed by atoms with Gasteiger partial charge in [-0.15, -0.1) is 0 Å². The number of piperazine rings is 1. The lowest BCUT2D eigenvalue weighted by molar-refractivity contribution is -0.133. The Morgan fingerprint density at radius 2 is 1.72 bits per heavy atom. The van der Waals surface area contributed by atoms with Gasteiger partial charge in [0.2, 0.25) is 21.8 Å². The molecule has 1 atom stereocenters. The maximum Gasteiger partial charge on any atom is 0.247 e. The standard InChI is InChI=1S/C22H33N3O6S/c1-5-32(28,29)24-14-20(26)25(17-11-18(30-3)13-19(12-17)31-4)22(2,15-24)21(27)23-16-9-7-6-8-10-16/h11-13,16H,5-10,14-15H2,1-4H3,(H,23,27)/t22-/m0/s1. The van der Waals surface area contributed by atoms with Crippen LogP contribution in [0.25, 0.3) is 0 Å². The van der Waals surface area contributed by atoms with Gasteiger partial charge in [-0.25, -0.2) is 8.42 Å². The lowest BCUT2D eigenvalue weighted by Gasteiger charge is -2.47. The molecule has 1 aromatic rings. The molecule has 1 aromatic carbocycles. The van der Waals surface area contributed by atoms with Crippen LogP contribution in [0.4, 0.5) is 5.69 Å². The first-order valence-electron chi connectivity index (χ1n) is 11.0. The van der Waals surface area contributed by atoms with Crippen LogP contribution in [0.5, 0.6) is 11.5 Å². The third-order valence-electron chi connectivity index (χ3n) is 6.32. The zero-order valence-electron chi connectivity index (χ0n) is 19.2. The van der Waals surface area contributed by atoms with E-state index < -0.39 is 21.5 Å². The lowest BCUT2D eigenvalue weighted by atomic mass is 9.91. The molecule has 0 unspecified atom stereocenters. The quantitative estimate of drug-likeness (QED) is 0.657. The maximum atomic E-state index is 13.6. The van der Waals surface area contributed by atoms with Crippen molar-refractivity contribution in [2.45, 2.75) is 57.5 Å². The van der Waals surface area contributed by atoms with Crippen molar-refractivity contribution in [3.63, 3.8) is 0 Å². The van der Waals surface area contributed by atoms with E-state index in [1.807, 2.05) is 0 Å². The minimum Gasteiger partial charge on any atom is -0.497 e. The fourth-order valence-electron chi connectivity index (χ4n) is 4.46. The molecular formula is C22H33N3O6S. The van der Waals surface area contributed by atoms with Crippen LogP contribution in [0.3, 0.4) is 0 Å². The Kier molecular flexibility index (Phi) is 7.34. The molecule has 2 fully saturated rings. The number of nitrogens with one attached hydrogen (secondary N) is 1. The second kappa shape index (κ2) is 9.66. The second-order valence-corrected chi connectivity index (χ2v) is 10.8. The SMILES string of the molecule is CCS(=O)(=O)N1CC(=O)N(c2cc(OC)cc(OC)c2)[C@](C)(C(=O)NC2CCCCC2)C1. The number of hydrogen-bond acceptors (Lipinski definition) is 6. The molecule has 178 valence electrons. The van der Waals surface area contributed by atoms with Crippen LogP contribution in [0.1, 0.15) is 46.0 Å². The highest BCUT2D eigenvalue weighted by Crippen LogP contribution is 2.36. The van der Waals surface area contributed by atoms with Crippen molar-refractivity contribution in [3.05, 3.63) is 18.2 Å². The summed E-state index contributed by atoms with van der Waals surface area (Å²) in [4.78, 5) is 28.3. The molecule has 9 nitrogen and oxygen atoms in total. The summed E-state index contributed by atoms with van der Waals surface area (Å²) in [6.45, 7) is 2.68. The Hall–Kier alpha value is -2.33. The predicted octanol–water partition coefficient (Wildman–Crippen LogP) is 1.91. The van der Waals surface area contributed by atoms with Crippen LogP contribution < -0.4 is 19.7 Å². The molecule has 2 amide bonds. The average molecular weight is 468 g/mol. The van der Waals surface area contributed by atoms with E-state index in [0.717, 1.165) is 36.4 Å². The number of nitrogens with zero attached hydrogens (tertiary/aromatic N) is 2. The molecule has 0 aromatic heterocycles. The van der Waals surface area contributed by atoms with Gasteiger partial charge in [0.05, 0.1) is 32.2 Å². The fourth-order valence-corrected chi connectivity index (χ4v) is 5.58. The number of ether oxygens (including phenoxy) is 2. The molecule has 1 saturated carbocycles. The van der Waals surface area contributed by atoms with Crippen LogP contribution in [0, 0.1) is 0 Å². The summed E-state index contributed by atoms with van der Waals surface area (Å²) in [6.07, 6.45) is 4.96. The van der Waals surface area contributed by atoms with E-state index in [0.29, 0.717) is 17.2 Å². The molecule has 1 aliphatic heterocycles. The van der Waals surface area contributed by atoms with Crippen LogP contribution in [-0.4, -0.2) is 69.2 Å². The normalized spacial score (nSPS) is 23.1. The summed E-state index contributed by atoms with van der Waals surface area (Å²) in [5.74, 6) is -0.0647. The second-order valence-electron chi connectivity index (χ2n) is 8.55. The Balaban J connectivity index is 2.04. The smallest absolute Gasteiger partial charge is 0.247 e. The highest BCUT2D eigenvalue weighted by molar-refractivity contribution is 7.89. The van der Waals surface area contributed by atoms with Gasteiger partial charge in [-0.2, -0.15) is 4.31 Å². The average Bonchev–Trinajstić information content (AvgIpc) is 2.78. The molecule has 3 rings (SSSR count). The van der Waals surface area contributed by atoms with Gasteiger partial charge in [0.15, 0.2) is 0 Å². The van der Waals surface area contributed by atoms with Gasteiger partial charge >= 0.3 is 0 Å². The molecule has 0 radical (unpaired) electrons. The first-order valence-corrected chi connectivity index (χ1v) is 12.6. The van der Waals surface area contributed by atoms with Crippen molar-refractivity contribution in [1.29, 1.82) is 0 Å². The molecule has 1 aliphatic carbocycles. The van der Waals surface area contributed by atoms with Crippen LogP contribution in [-0.2, 0) is 19.6 Å². The first kappa shape index (κ1) is 24.3. The number of carbonyl (C=O) groups is 2. The predicted molar refractivity (Wildman–Crippen MR) is 121 cm³/mol. The summed E-state index contributed by atoms with van der Waals surface area (Å²) < 4.78 is 37.1. The monoisotopic (exact) mass is 467 g/mol. The van der Waals surface area contributed by atoms with E-state index >= 15 is 0 Å². The zero-order valence-corrected chi connectivity index (χ0v) is 20.0. The summed E-state index contributed by atoms with van der Waals surface area (Å²) in [5, 5.41) is 3.08. The molecule has 2 aliphatic rings. The number of sulfonamides is 1. The molecule has 32 heavy (non-hydrogen) atoms. The first-order chi connectivity index (χ1) is 15.1. The minimum atomic E-state index is -3.67. The topological polar surface area (TPSA) is 105 Å². The molecule has 0 spiro atoms. The molecule has 1 heterocycles. The van der Waals surface area contributed by atoms with Gasteiger partial charge in [0.25, 0.3) is 0 Å². The summed E-state index contributed by atoms with van der Waals surface area (Å²) >= 11 is 0. The van der Waals surface area contributed by atoms with Gasteiger partial charge in [-0.3, -0.25) is 14.5 Å². The Labute approximate surface area is 190 Å². The molecular weight excluding hydrogens is 434 g/mol. The number of rotatable bonds is 7. The fraction of sp³-hybridized carbons (Fsp3) is 0.636. The highest BCUT2D eigenvalue weighted by Gasteiger charge is 2.51. The van der Waals surface area contributed by atoms with Crippen molar-refractivity contribution in [3.8, 4) is 11.5 Å². The highest BCUT2D eigenvalue weighted by atomic mass is 32.2. The zero-order chi connectivity index (χ0) is 23.5. The van der Waals surface area contributed by atoms with Crippen molar-refractivity contribution >= 4 is 27.5 Å². The van der Waals surface area contributed by atoms with Crippen molar-refractivity contribution < 1.29 is 27.5 Å². The lowest BCUT2D eigenvalue weighted by Crippen LogP contribution is -2.71. The summed E-state index contributed by atoms with van der Waals surface area (Å²) in [7, 11) is -0.664. The Bertz CT molecular complexity index is 938. The molecule has 0 bridgehead atoms. The van der Waals surface area contributed by atoms with Crippen molar-refractivity contribution in [2.24, 2.45) is 0 Å². The Morgan fingerprint density at radius 1 is 1.12 bits per heavy atom. The largest absolute Gasteiger partial charge is 0.497 e. The molecule has 1 saturated heterocycles. The van der Waals surface area contributed by atoms with Crippen molar-refractivity contribution in [2.75, 3.05) is 38.0 Å². The van der Waals surface area contributed by atoms with Gasteiger partial charge < -0.3 is 14.8 Å². The van der Waals surface area contributed by atoms with Crippen molar-refractivity contribution in [1.82, 2.24) is 9.62 Å². The number of carbonyl (C=O) groups excluding carboxylic acids is 2. The van der Waals surface area contributed by atoms with Gasteiger partial charge in [-0.05, 0) is 26.7 Å². The molecule has 10 heteroatoms. The number of hydrogen-bond donors (Lipinski definition) is 1. The van der Waals surface area contributed by atoms with Gasteiger partial charge in [-0.1, -0.05) is 19.3 Å². The number of amides is 2.